The highest BCUT2D eigenvalue weighted by Crippen LogP contribution is 2.19. The molecule has 3 heterocycles. The fraction of sp³-hybridized carbons (Fsp3) is 0.333. The molecule has 0 unspecified atom stereocenters. The van der Waals surface area contributed by atoms with Crippen molar-refractivity contribution in [2.75, 3.05) is 11.9 Å². The number of aromatic nitrogens is 3. The molecule has 0 aliphatic carbocycles. The summed E-state index contributed by atoms with van der Waals surface area (Å²) in [7, 11) is 1.91. The van der Waals surface area contributed by atoms with Crippen LogP contribution >= 0.6 is 0 Å². The zero-order valence-corrected chi connectivity index (χ0v) is 9.77. The standard InChI is InChI=1S/C12H15N5/c1-17-12(3-5-15-17)16-10-6-9-7-13-4-2-11(9)14-8-10/h3,5-6,8,13,16H,2,4,7H2,1H3. The number of rotatable bonds is 2. The summed E-state index contributed by atoms with van der Waals surface area (Å²) in [5.41, 5.74) is 3.50. The van der Waals surface area contributed by atoms with Gasteiger partial charge in [-0.15, -0.1) is 0 Å². The predicted molar refractivity (Wildman–Crippen MR) is 66.1 cm³/mol. The first-order chi connectivity index (χ1) is 8.33. The normalized spacial score (nSPS) is 14.4. The van der Waals surface area contributed by atoms with Gasteiger partial charge in [-0.05, 0) is 11.6 Å². The molecule has 88 valence electrons. The van der Waals surface area contributed by atoms with Crippen molar-refractivity contribution in [2.45, 2.75) is 13.0 Å². The van der Waals surface area contributed by atoms with Crippen LogP contribution in [0.4, 0.5) is 11.5 Å². The molecule has 0 atom stereocenters. The molecule has 0 fully saturated rings. The van der Waals surface area contributed by atoms with Crippen LogP contribution in [0.25, 0.3) is 0 Å². The van der Waals surface area contributed by atoms with Crippen molar-refractivity contribution in [3.8, 4) is 0 Å². The fourth-order valence-corrected chi connectivity index (χ4v) is 2.06. The number of nitrogens with zero attached hydrogens (tertiary/aromatic N) is 3. The molecule has 0 saturated heterocycles. The lowest BCUT2D eigenvalue weighted by Gasteiger charge is -2.17. The molecule has 0 saturated carbocycles. The van der Waals surface area contributed by atoms with Crippen molar-refractivity contribution in [1.82, 2.24) is 20.1 Å². The maximum Gasteiger partial charge on any atom is 0.128 e. The molecule has 1 aliphatic rings. The van der Waals surface area contributed by atoms with Crippen molar-refractivity contribution in [1.29, 1.82) is 0 Å². The van der Waals surface area contributed by atoms with Crippen LogP contribution < -0.4 is 10.6 Å². The molecule has 17 heavy (non-hydrogen) atoms. The van der Waals surface area contributed by atoms with E-state index in [2.05, 4.69) is 26.8 Å². The molecule has 3 rings (SSSR count). The van der Waals surface area contributed by atoms with E-state index in [1.54, 1.807) is 10.9 Å². The summed E-state index contributed by atoms with van der Waals surface area (Å²) in [4.78, 5) is 4.50. The monoisotopic (exact) mass is 229 g/mol. The Bertz CT molecular complexity index is 531. The van der Waals surface area contributed by atoms with E-state index in [9.17, 15) is 0 Å². The number of fused-ring (bicyclic) bond motifs is 1. The van der Waals surface area contributed by atoms with E-state index >= 15 is 0 Å². The fourth-order valence-electron chi connectivity index (χ4n) is 2.06. The van der Waals surface area contributed by atoms with Crippen molar-refractivity contribution in [3.05, 3.63) is 35.8 Å². The molecule has 0 radical (unpaired) electrons. The van der Waals surface area contributed by atoms with Gasteiger partial charge in [-0.25, -0.2) is 0 Å². The Morgan fingerprint density at radius 2 is 2.41 bits per heavy atom. The number of hydrogen-bond donors (Lipinski definition) is 2. The summed E-state index contributed by atoms with van der Waals surface area (Å²) < 4.78 is 1.80. The zero-order chi connectivity index (χ0) is 11.7. The van der Waals surface area contributed by atoms with Crippen LogP contribution in [0.3, 0.4) is 0 Å². The molecule has 0 spiro atoms. The van der Waals surface area contributed by atoms with Crippen LogP contribution in [0, 0.1) is 0 Å². The lowest BCUT2D eigenvalue weighted by atomic mass is 10.1. The van der Waals surface area contributed by atoms with Crippen LogP contribution in [0.15, 0.2) is 24.5 Å². The highest BCUT2D eigenvalue weighted by molar-refractivity contribution is 5.56. The second-order valence-corrected chi connectivity index (χ2v) is 4.22. The SMILES string of the molecule is Cn1nccc1Nc1cnc2c(c1)CNCC2. The van der Waals surface area contributed by atoms with Crippen LogP contribution in [0.5, 0.6) is 0 Å². The topological polar surface area (TPSA) is 54.8 Å². The Morgan fingerprint density at radius 3 is 3.24 bits per heavy atom. The Labute approximate surface area is 99.9 Å². The molecule has 2 N–H and O–H groups in total. The third kappa shape index (κ3) is 2.01. The van der Waals surface area contributed by atoms with Gasteiger partial charge in [0, 0.05) is 38.3 Å². The molecule has 2 aromatic heterocycles. The third-order valence-corrected chi connectivity index (χ3v) is 3.01. The summed E-state index contributed by atoms with van der Waals surface area (Å²) in [6.45, 7) is 1.93. The van der Waals surface area contributed by atoms with Crippen LogP contribution in [0.1, 0.15) is 11.3 Å². The number of pyridine rings is 1. The Hall–Kier alpha value is -1.88. The van der Waals surface area contributed by atoms with Crippen molar-refractivity contribution < 1.29 is 0 Å². The lowest BCUT2D eigenvalue weighted by Crippen LogP contribution is -2.24. The molecule has 0 bridgehead atoms. The first kappa shape index (κ1) is 10.3. The van der Waals surface area contributed by atoms with E-state index in [1.165, 1.54) is 11.3 Å². The van der Waals surface area contributed by atoms with Crippen LogP contribution in [-0.2, 0) is 20.0 Å². The van der Waals surface area contributed by atoms with Gasteiger partial charge in [0.25, 0.3) is 0 Å². The molecule has 1 aliphatic heterocycles. The summed E-state index contributed by atoms with van der Waals surface area (Å²) >= 11 is 0. The van der Waals surface area contributed by atoms with Crippen molar-refractivity contribution in [2.24, 2.45) is 7.05 Å². The Morgan fingerprint density at radius 1 is 1.47 bits per heavy atom. The average molecular weight is 229 g/mol. The van der Waals surface area contributed by atoms with Crippen LogP contribution in [0.2, 0.25) is 0 Å². The molecule has 0 aromatic carbocycles. The number of anilines is 2. The highest BCUT2D eigenvalue weighted by atomic mass is 15.3. The molecule has 5 heteroatoms. The predicted octanol–water partition coefficient (Wildman–Crippen LogP) is 1.20. The number of nitrogens with one attached hydrogen (secondary N) is 2. The summed E-state index contributed by atoms with van der Waals surface area (Å²) in [5, 5.41) is 10.8. The van der Waals surface area contributed by atoms with E-state index in [-0.39, 0.29) is 0 Å². The van der Waals surface area contributed by atoms with Gasteiger partial charge in [0.2, 0.25) is 0 Å². The lowest BCUT2D eigenvalue weighted by molar-refractivity contribution is 0.630. The molecule has 5 nitrogen and oxygen atoms in total. The van der Waals surface area contributed by atoms with Gasteiger partial charge in [-0.3, -0.25) is 9.67 Å². The maximum absolute atomic E-state index is 4.50. The van der Waals surface area contributed by atoms with Crippen LogP contribution in [-0.4, -0.2) is 21.3 Å². The number of hydrogen-bond acceptors (Lipinski definition) is 4. The molecule has 2 aromatic rings. The minimum Gasteiger partial charge on any atom is -0.339 e. The third-order valence-electron chi connectivity index (χ3n) is 3.01. The van der Waals surface area contributed by atoms with Gasteiger partial charge in [-0.2, -0.15) is 5.10 Å². The van der Waals surface area contributed by atoms with Gasteiger partial charge in [-0.1, -0.05) is 0 Å². The minimum absolute atomic E-state index is 0.906. The molecular weight excluding hydrogens is 214 g/mol. The summed E-state index contributed by atoms with van der Waals surface area (Å²) in [6, 6.07) is 4.10. The zero-order valence-electron chi connectivity index (χ0n) is 9.77. The quantitative estimate of drug-likeness (QED) is 0.812. The van der Waals surface area contributed by atoms with E-state index in [1.807, 2.05) is 19.3 Å². The van der Waals surface area contributed by atoms with E-state index in [4.69, 9.17) is 0 Å². The Kier molecular flexibility index (Phi) is 2.53. The second-order valence-electron chi connectivity index (χ2n) is 4.22. The van der Waals surface area contributed by atoms with E-state index < -0.39 is 0 Å². The van der Waals surface area contributed by atoms with Gasteiger partial charge >= 0.3 is 0 Å². The molecular formula is C12H15N5. The smallest absolute Gasteiger partial charge is 0.128 e. The largest absolute Gasteiger partial charge is 0.339 e. The Balaban J connectivity index is 1.87. The first-order valence-electron chi connectivity index (χ1n) is 5.76. The van der Waals surface area contributed by atoms with E-state index in [0.29, 0.717) is 0 Å². The first-order valence-corrected chi connectivity index (χ1v) is 5.76. The summed E-state index contributed by atoms with van der Waals surface area (Å²) in [5.74, 6) is 0.968. The van der Waals surface area contributed by atoms with Gasteiger partial charge < -0.3 is 10.6 Å². The summed E-state index contributed by atoms with van der Waals surface area (Å²) in [6.07, 6.45) is 4.67. The number of aryl methyl sites for hydroxylation is 1. The van der Waals surface area contributed by atoms with Gasteiger partial charge in [0.05, 0.1) is 18.1 Å². The van der Waals surface area contributed by atoms with Gasteiger partial charge in [0.15, 0.2) is 0 Å². The van der Waals surface area contributed by atoms with Gasteiger partial charge in [0.1, 0.15) is 5.82 Å². The van der Waals surface area contributed by atoms with E-state index in [0.717, 1.165) is 31.0 Å². The highest BCUT2D eigenvalue weighted by Gasteiger charge is 2.10. The van der Waals surface area contributed by atoms with Crippen molar-refractivity contribution in [3.63, 3.8) is 0 Å². The molecule has 0 amide bonds. The minimum atomic E-state index is 0.906. The average Bonchev–Trinajstić information content (AvgIpc) is 2.75. The second kappa shape index (κ2) is 4.18. The maximum atomic E-state index is 4.50. The van der Waals surface area contributed by atoms with Crippen molar-refractivity contribution >= 4 is 11.5 Å².